The Morgan fingerprint density at radius 3 is 2.62 bits per heavy atom. The van der Waals surface area contributed by atoms with E-state index in [2.05, 4.69) is 4.98 Å². The normalized spacial score (nSPS) is 10.3. The van der Waals surface area contributed by atoms with Crippen LogP contribution in [0.25, 0.3) is 0 Å². The van der Waals surface area contributed by atoms with Crippen LogP contribution in [0.4, 0.5) is 0 Å². The topological polar surface area (TPSA) is 50.2 Å². The van der Waals surface area contributed by atoms with Crippen LogP contribution < -0.4 is 0 Å². The molecular weight excluding hydrogens is 186 g/mol. The molecule has 0 bridgehead atoms. The first-order valence-corrected chi connectivity index (χ1v) is 5.18. The molecule has 0 spiro atoms. The van der Waals surface area contributed by atoms with Crippen molar-refractivity contribution >= 4 is 17.3 Å². The van der Waals surface area contributed by atoms with Gasteiger partial charge in [-0.1, -0.05) is 13.8 Å². The van der Waals surface area contributed by atoms with E-state index in [1.807, 2.05) is 13.8 Å². The lowest BCUT2D eigenvalue weighted by Gasteiger charge is -1.93. The van der Waals surface area contributed by atoms with Gasteiger partial charge in [-0.15, -0.1) is 11.3 Å². The number of carboxylic acid groups (broad SMARTS) is 1. The molecular formula is C9H13NO2S. The highest BCUT2D eigenvalue weighted by Crippen LogP contribution is 2.20. The van der Waals surface area contributed by atoms with Gasteiger partial charge in [-0.2, -0.15) is 0 Å². The number of aliphatic carboxylic acids is 1. The zero-order valence-corrected chi connectivity index (χ0v) is 8.65. The molecule has 0 atom stereocenters. The Balaban J connectivity index is 2.90. The summed E-state index contributed by atoms with van der Waals surface area (Å²) in [5.74, 6) is -0.777. The minimum Gasteiger partial charge on any atom is -0.481 e. The van der Waals surface area contributed by atoms with Gasteiger partial charge in [0.2, 0.25) is 0 Å². The SMILES string of the molecule is CCc1nc(CC)c(CC(=O)O)s1. The highest BCUT2D eigenvalue weighted by molar-refractivity contribution is 7.11. The summed E-state index contributed by atoms with van der Waals surface area (Å²) in [7, 11) is 0. The van der Waals surface area contributed by atoms with E-state index in [-0.39, 0.29) is 6.42 Å². The van der Waals surface area contributed by atoms with Gasteiger partial charge in [-0.25, -0.2) is 4.98 Å². The van der Waals surface area contributed by atoms with E-state index in [9.17, 15) is 4.79 Å². The summed E-state index contributed by atoms with van der Waals surface area (Å²) in [6, 6.07) is 0. The van der Waals surface area contributed by atoms with Gasteiger partial charge < -0.3 is 5.11 Å². The number of carboxylic acids is 1. The van der Waals surface area contributed by atoms with Crippen molar-refractivity contribution in [1.82, 2.24) is 4.98 Å². The van der Waals surface area contributed by atoms with Crippen molar-refractivity contribution in [3.63, 3.8) is 0 Å². The lowest BCUT2D eigenvalue weighted by Crippen LogP contribution is -2.00. The molecule has 0 fully saturated rings. The third-order valence-corrected chi connectivity index (χ3v) is 3.01. The third-order valence-electron chi connectivity index (χ3n) is 1.77. The number of rotatable bonds is 4. The molecule has 0 unspecified atom stereocenters. The van der Waals surface area contributed by atoms with Crippen molar-refractivity contribution in [3.05, 3.63) is 15.6 Å². The van der Waals surface area contributed by atoms with Gasteiger partial charge in [0.25, 0.3) is 0 Å². The van der Waals surface area contributed by atoms with E-state index in [4.69, 9.17) is 5.11 Å². The van der Waals surface area contributed by atoms with Gasteiger partial charge in [-0.05, 0) is 12.8 Å². The van der Waals surface area contributed by atoms with Crippen LogP contribution in [0.15, 0.2) is 0 Å². The minimum atomic E-state index is -0.777. The van der Waals surface area contributed by atoms with Crippen molar-refractivity contribution in [1.29, 1.82) is 0 Å². The van der Waals surface area contributed by atoms with Gasteiger partial charge in [0.15, 0.2) is 0 Å². The van der Waals surface area contributed by atoms with Crippen molar-refractivity contribution in [2.24, 2.45) is 0 Å². The molecule has 0 aliphatic rings. The summed E-state index contributed by atoms with van der Waals surface area (Å²) in [6.45, 7) is 4.03. The van der Waals surface area contributed by atoms with Crippen molar-refractivity contribution in [2.75, 3.05) is 0 Å². The molecule has 13 heavy (non-hydrogen) atoms. The van der Waals surface area contributed by atoms with Crippen LogP contribution in [-0.2, 0) is 24.1 Å². The molecule has 1 aromatic heterocycles. The molecule has 0 saturated carbocycles. The average Bonchev–Trinajstić information content (AvgIpc) is 2.46. The predicted octanol–water partition coefficient (Wildman–Crippen LogP) is 1.90. The molecule has 0 amide bonds. The summed E-state index contributed by atoms with van der Waals surface area (Å²) in [6.07, 6.45) is 1.82. The number of hydrogen-bond acceptors (Lipinski definition) is 3. The number of nitrogens with zero attached hydrogens (tertiary/aromatic N) is 1. The lowest BCUT2D eigenvalue weighted by atomic mass is 10.2. The summed E-state index contributed by atoms with van der Waals surface area (Å²) in [4.78, 5) is 15.8. The fourth-order valence-corrected chi connectivity index (χ4v) is 2.23. The van der Waals surface area contributed by atoms with E-state index in [1.165, 1.54) is 11.3 Å². The molecule has 1 N–H and O–H groups in total. The van der Waals surface area contributed by atoms with E-state index in [1.54, 1.807) is 0 Å². The Morgan fingerprint density at radius 2 is 2.15 bits per heavy atom. The van der Waals surface area contributed by atoms with Crippen LogP contribution in [0.5, 0.6) is 0 Å². The maximum atomic E-state index is 10.5. The van der Waals surface area contributed by atoms with E-state index in [0.29, 0.717) is 0 Å². The molecule has 72 valence electrons. The molecule has 0 aliphatic heterocycles. The first-order valence-electron chi connectivity index (χ1n) is 4.36. The highest BCUT2D eigenvalue weighted by atomic mass is 32.1. The van der Waals surface area contributed by atoms with Crippen LogP contribution in [0.2, 0.25) is 0 Å². The van der Waals surface area contributed by atoms with Crippen LogP contribution in [-0.4, -0.2) is 16.1 Å². The minimum absolute atomic E-state index is 0.112. The summed E-state index contributed by atoms with van der Waals surface area (Å²) < 4.78 is 0. The number of thiazole rings is 1. The van der Waals surface area contributed by atoms with Gasteiger partial charge in [0.05, 0.1) is 17.1 Å². The fraction of sp³-hybridized carbons (Fsp3) is 0.556. The van der Waals surface area contributed by atoms with Gasteiger partial charge in [0.1, 0.15) is 0 Å². The molecule has 1 aromatic rings. The Kier molecular flexibility index (Phi) is 3.42. The van der Waals surface area contributed by atoms with Gasteiger partial charge >= 0.3 is 5.97 Å². The molecule has 4 heteroatoms. The zero-order valence-electron chi connectivity index (χ0n) is 7.83. The number of aryl methyl sites for hydroxylation is 2. The lowest BCUT2D eigenvalue weighted by molar-refractivity contribution is -0.136. The highest BCUT2D eigenvalue weighted by Gasteiger charge is 2.11. The van der Waals surface area contributed by atoms with Crippen LogP contribution in [0, 0.1) is 0 Å². The average molecular weight is 199 g/mol. The molecule has 0 radical (unpaired) electrons. The number of carbonyl (C=O) groups is 1. The van der Waals surface area contributed by atoms with E-state index in [0.717, 1.165) is 28.4 Å². The molecule has 0 aliphatic carbocycles. The zero-order chi connectivity index (χ0) is 9.84. The van der Waals surface area contributed by atoms with Crippen molar-refractivity contribution < 1.29 is 9.90 Å². The number of aromatic nitrogens is 1. The largest absolute Gasteiger partial charge is 0.481 e. The van der Waals surface area contributed by atoms with E-state index >= 15 is 0 Å². The molecule has 3 nitrogen and oxygen atoms in total. The quantitative estimate of drug-likeness (QED) is 0.805. The summed E-state index contributed by atoms with van der Waals surface area (Å²) >= 11 is 1.52. The Bertz CT molecular complexity index is 307. The van der Waals surface area contributed by atoms with Crippen molar-refractivity contribution in [3.8, 4) is 0 Å². The third kappa shape index (κ3) is 2.52. The van der Waals surface area contributed by atoms with Crippen LogP contribution >= 0.6 is 11.3 Å². The predicted molar refractivity (Wildman–Crippen MR) is 52.2 cm³/mol. The van der Waals surface area contributed by atoms with Crippen LogP contribution in [0.1, 0.15) is 29.4 Å². The summed E-state index contributed by atoms with van der Waals surface area (Å²) in [5, 5.41) is 9.68. The second-order valence-corrected chi connectivity index (χ2v) is 3.92. The first-order chi connectivity index (χ1) is 6.17. The maximum absolute atomic E-state index is 10.5. The molecule has 0 aromatic carbocycles. The fourth-order valence-electron chi connectivity index (χ4n) is 1.14. The van der Waals surface area contributed by atoms with Crippen LogP contribution in [0.3, 0.4) is 0 Å². The second kappa shape index (κ2) is 4.37. The maximum Gasteiger partial charge on any atom is 0.308 e. The Hall–Kier alpha value is -0.900. The summed E-state index contributed by atoms with van der Waals surface area (Å²) in [5.41, 5.74) is 0.948. The molecule has 1 heterocycles. The smallest absolute Gasteiger partial charge is 0.308 e. The van der Waals surface area contributed by atoms with Gasteiger partial charge in [0, 0.05) is 4.88 Å². The Labute approximate surface area is 81.4 Å². The van der Waals surface area contributed by atoms with Crippen molar-refractivity contribution in [2.45, 2.75) is 33.1 Å². The van der Waals surface area contributed by atoms with E-state index < -0.39 is 5.97 Å². The first kappa shape index (κ1) is 10.2. The monoisotopic (exact) mass is 199 g/mol. The van der Waals surface area contributed by atoms with Gasteiger partial charge in [-0.3, -0.25) is 4.79 Å². The second-order valence-electron chi connectivity index (χ2n) is 2.76. The molecule has 1 rings (SSSR count). The standard InChI is InChI=1S/C9H13NO2S/c1-3-6-7(5-9(11)12)13-8(4-2)10-6/h3-5H2,1-2H3,(H,11,12). The molecule has 0 saturated heterocycles. The number of hydrogen-bond donors (Lipinski definition) is 1. The Morgan fingerprint density at radius 1 is 1.46 bits per heavy atom.